The van der Waals surface area contributed by atoms with Gasteiger partial charge in [0.05, 0.1) is 37.0 Å². The molecule has 49 heavy (non-hydrogen) atoms. The maximum absolute atomic E-state index is 12.7. The third kappa shape index (κ3) is 10.8. The average Bonchev–Trinajstić information content (AvgIpc) is 3.11. The lowest BCUT2D eigenvalue weighted by molar-refractivity contribution is -0.137. The van der Waals surface area contributed by atoms with Crippen LogP contribution in [0.1, 0.15) is 49.5 Å². The van der Waals surface area contributed by atoms with E-state index < -0.39 is 30.0 Å². The van der Waals surface area contributed by atoms with Crippen LogP contribution in [0.15, 0.2) is 104 Å². The van der Waals surface area contributed by atoms with E-state index in [0.29, 0.717) is 35.5 Å². The zero-order valence-corrected chi connectivity index (χ0v) is 26.7. The highest BCUT2D eigenvalue weighted by Crippen LogP contribution is 2.26. The van der Waals surface area contributed by atoms with Crippen molar-refractivity contribution in [1.29, 1.82) is 0 Å². The van der Waals surface area contributed by atoms with Gasteiger partial charge in [0.25, 0.3) is 0 Å². The molecule has 0 heterocycles. The van der Waals surface area contributed by atoms with Crippen molar-refractivity contribution in [2.24, 2.45) is 0 Å². The number of methoxy groups -OCH3 is 1. The molecule has 0 saturated heterocycles. The summed E-state index contributed by atoms with van der Waals surface area (Å²) in [7, 11) is 1.53. The Balaban J connectivity index is 1.22. The zero-order chi connectivity index (χ0) is 35.2. The minimum Gasteiger partial charge on any atom is -0.497 e. The van der Waals surface area contributed by atoms with Gasteiger partial charge >= 0.3 is 30.0 Å². The number of ether oxygens (including phenoxy) is 7. The fourth-order valence-electron chi connectivity index (χ4n) is 4.05. The molecule has 12 nitrogen and oxygen atoms in total. The highest BCUT2D eigenvalue weighted by atomic mass is 16.7. The van der Waals surface area contributed by atoms with Gasteiger partial charge < -0.3 is 33.2 Å². The van der Waals surface area contributed by atoms with Crippen LogP contribution < -0.4 is 23.7 Å². The Morgan fingerprint density at radius 2 is 1.02 bits per heavy atom. The molecule has 0 aliphatic rings. The highest BCUT2D eigenvalue weighted by molar-refractivity contribution is 5.93. The number of aryl methyl sites for hydroxylation is 1. The van der Waals surface area contributed by atoms with Crippen LogP contribution in [0.5, 0.6) is 28.7 Å². The first-order chi connectivity index (χ1) is 23.6. The largest absolute Gasteiger partial charge is 0.513 e. The minimum absolute atomic E-state index is 0.0728. The number of unbranched alkanes of at least 4 members (excludes halogenated alkanes) is 1. The van der Waals surface area contributed by atoms with E-state index >= 15 is 0 Å². The van der Waals surface area contributed by atoms with Crippen LogP contribution in [0, 0.1) is 6.92 Å². The number of hydrogen-bond donors (Lipinski definition) is 0. The van der Waals surface area contributed by atoms with Crippen molar-refractivity contribution in [2.75, 3.05) is 20.3 Å². The molecule has 0 aliphatic carbocycles. The lowest BCUT2D eigenvalue weighted by Gasteiger charge is -2.10. The van der Waals surface area contributed by atoms with Crippen LogP contribution in [0.4, 0.5) is 4.79 Å². The van der Waals surface area contributed by atoms with Crippen molar-refractivity contribution in [1.82, 2.24) is 0 Å². The standard InChI is InChI=1S/C37H32O12/c1-4-33(38)44-21-5-6-22-45-37(42)48-30-17-11-25(12-18-30)34(39)46-29-15-9-26(10-16-29)35(40)47-31-19-20-32(24(2)23-31)49-36(41)27-7-13-28(43-3)14-8-27/h4,7-20,23H,1,5-6,21-22H2,2-3H3. The summed E-state index contributed by atoms with van der Waals surface area (Å²) in [6.45, 7) is 5.27. The quantitative estimate of drug-likeness (QED) is 0.0463. The molecule has 0 bridgehead atoms. The second-order valence-electron chi connectivity index (χ2n) is 10.2. The fraction of sp³-hybridized carbons (Fsp3) is 0.162. The van der Waals surface area contributed by atoms with Crippen LogP contribution in [0.2, 0.25) is 0 Å². The summed E-state index contributed by atoms with van der Waals surface area (Å²) >= 11 is 0. The van der Waals surface area contributed by atoms with Crippen LogP contribution in [-0.2, 0) is 14.3 Å². The molecule has 0 fully saturated rings. The van der Waals surface area contributed by atoms with E-state index in [-0.39, 0.29) is 41.6 Å². The molecule has 0 saturated carbocycles. The molecule has 4 aromatic rings. The van der Waals surface area contributed by atoms with Crippen LogP contribution in [0.3, 0.4) is 0 Å². The zero-order valence-electron chi connectivity index (χ0n) is 26.7. The van der Waals surface area contributed by atoms with E-state index in [9.17, 15) is 24.0 Å². The van der Waals surface area contributed by atoms with Gasteiger partial charge in [-0.25, -0.2) is 24.0 Å². The summed E-state index contributed by atoms with van der Waals surface area (Å²) < 4.78 is 36.3. The molecule has 0 amide bonds. The molecule has 0 spiro atoms. The Hall–Kier alpha value is -6.43. The molecule has 4 aromatic carbocycles. The maximum Gasteiger partial charge on any atom is 0.513 e. The van der Waals surface area contributed by atoms with Crippen molar-refractivity contribution in [3.05, 3.63) is 126 Å². The molecule has 4 rings (SSSR count). The van der Waals surface area contributed by atoms with Gasteiger partial charge in [-0.15, -0.1) is 0 Å². The average molecular weight is 669 g/mol. The van der Waals surface area contributed by atoms with Gasteiger partial charge in [-0.2, -0.15) is 0 Å². The number of rotatable bonds is 14. The van der Waals surface area contributed by atoms with E-state index in [4.69, 9.17) is 33.2 Å². The normalized spacial score (nSPS) is 10.2. The van der Waals surface area contributed by atoms with Gasteiger partial charge in [0, 0.05) is 6.08 Å². The summed E-state index contributed by atoms with van der Waals surface area (Å²) in [5.41, 5.74) is 1.32. The van der Waals surface area contributed by atoms with Crippen molar-refractivity contribution in [3.8, 4) is 28.7 Å². The molecular weight excluding hydrogens is 636 g/mol. The van der Waals surface area contributed by atoms with E-state index in [0.717, 1.165) is 6.08 Å². The van der Waals surface area contributed by atoms with Crippen molar-refractivity contribution < 1.29 is 57.1 Å². The number of hydrogen-bond acceptors (Lipinski definition) is 12. The molecule has 0 atom stereocenters. The third-order valence-corrected chi connectivity index (χ3v) is 6.65. The molecule has 0 radical (unpaired) electrons. The summed E-state index contributed by atoms with van der Waals surface area (Å²) in [5, 5.41) is 0. The molecule has 0 aliphatic heterocycles. The highest BCUT2D eigenvalue weighted by Gasteiger charge is 2.15. The Labute approximate surface area is 281 Å². The second kappa shape index (κ2) is 17.5. The van der Waals surface area contributed by atoms with E-state index in [1.165, 1.54) is 67.8 Å². The lowest BCUT2D eigenvalue weighted by atomic mass is 10.2. The van der Waals surface area contributed by atoms with E-state index in [2.05, 4.69) is 6.58 Å². The molecular formula is C37H32O12. The number of esters is 4. The fourth-order valence-corrected chi connectivity index (χ4v) is 4.05. The Kier molecular flexibility index (Phi) is 12.6. The molecule has 0 unspecified atom stereocenters. The monoisotopic (exact) mass is 668 g/mol. The first-order valence-electron chi connectivity index (χ1n) is 14.9. The minimum atomic E-state index is -0.921. The number of benzene rings is 4. The molecule has 252 valence electrons. The van der Waals surface area contributed by atoms with Crippen LogP contribution in [-0.4, -0.2) is 50.4 Å². The van der Waals surface area contributed by atoms with Crippen molar-refractivity contribution in [3.63, 3.8) is 0 Å². The van der Waals surface area contributed by atoms with Crippen LogP contribution >= 0.6 is 0 Å². The van der Waals surface area contributed by atoms with E-state index in [1.807, 2.05) is 0 Å². The topological polar surface area (TPSA) is 150 Å². The van der Waals surface area contributed by atoms with Gasteiger partial charge in [0.15, 0.2) is 0 Å². The first kappa shape index (κ1) is 35.4. The summed E-state index contributed by atoms with van der Waals surface area (Å²) in [4.78, 5) is 60.7. The van der Waals surface area contributed by atoms with Gasteiger partial charge in [0.2, 0.25) is 0 Å². The smallest absolute Gasteiger partial charge is 0.497 e. The van der Waals surface area contributed by atoms with E-state index in [1.54, 1.807) is 37.3 Å². The molecule has 0 N–H and O–H groups in total. The number of carbonyl (C=O) groups is 5. The summed E-state index contributed by atoms with van der Waals surface area (Å²) in [5.74, 6) is -0.885. The Bertz CT molecular complexity index is 1790. The predicted molar refractivity (Wildman–Crippen MR) is 174 cm³/mol. The lowest BCUT2D eigenvalue weighted by Crippen LogP contribution is -2.13. The molecule has 0 aromatic heterocycles. The van der Waals surface area contributed by atoms with Gasteiger partial charge in [0.1, 0.15) is 28.7 Å². The van der Waals surface area contributed by atoms with Gasteiger partial charge in [-0.3, -0.25) is 0 Å². The number of carbonyl (C=O) groups excluding carboxylic acids is 5. The summed E-state index contributed by atoms with van der Waals surface area (Å²) in [6, 6.07) is 22.5. The van der Waals surface area contributed by atoms with Crippen molar-refractivity contribution >= 4 is 30.0 Å². The summed E-state index contributed by atoms with van der Waals surface area (Å²) in [6.07, 6.45) is 1.11. The van der Waals surface area contributed by atoms with Gasteiger partial charge in [-0.1, -0.05) is 6.58 Å². The third-order valence-electron chi connectivity index (χ3n) is 6.65. The Morgan fingerprint density at radius 1 is 0.571 bits per heavy atom. The van der Waals surface area contributed by atoms with Crippen molar-refractivity contribution in [2.45, 2.75) is 19.8 Å². The maximum atomic E-state index is 12.7. The Morgan fingerprint density at radius 3 is 1.53 bits per heavy atom. The SMILES string of the molecule is C=CC(=O)OCCCCOC(=O)Oc1ccc(C(=O)Oc2ccc(C(=O)Oc3ccc(OC(=O)c4ccc(OC)cc4)c(C)c3)cc2)cc1. The van der Waals surface area contributed by atoms with Crippen LogP contribution in [0.25, 0.3) is 0 Å². The predicted octanol–water partition coefficient (Wildman–Crippen LogP) is 6.69. The molecule has 12 heteroatoms. The second-order valence-corrected chi connectivity index (χ2v) is 10.2. The first-order valence-corrected chi connectivity index (χ1v) is 14.9. The van der Waals surface area contributed by atoms with Gasteiger partial charge in [-0.05, 0) is 116 Å².